The average molecular weight is 1090 g/mol. The Hall–Kier alpha value is -2.28. The van der Waals surface area contributed by atoms with E-state index in [1.165, 1.54) is 200 Å². The summed E-state index contributed by atoms with van der Waals surface area (Å²) in [7, 11) is 3.56. The van der Waals surface area contributed by atoms with Gasteiger partial charge in [0.2, 0.25) is 0 Å². The van der Waals surface area contributed by atoms with Gasteiger partial charge in [0, 0.05) is 65.4 Å². The van der Waals surface area contributed by atoms with E-state index in [4.69, 9.17) is 18.9 Å². The van der Waals surface area contributed by atoms with Crippen LogP contribution in [0.25, 0.3) is 0 Å². The summed E-state index contributed by atoms with van der Waals surface area (Å²) >= 11 is 0. The molecule has 0 aliphatic heterocycles. The Balaban J connectivity index is 4.96. The van der Waals surface area contributed by atoms with Crippen molar-refractivity contribution in [1.29, 1.82) is 0 Å². The first kappa shape index (κ1) is 74.7. The number of hydrogen-bond donors (Lipinski definition) is 0. The lowest BCUT2D eigenvalue weighted by atomic mass is 10.1. The van der Waals surface area contributed by atoms with Crippen LogP contribution >= 0.6 is 0 Å². The maximum absolute atomic E-state index is 12.9. The zero-order valence-corrected chi connectivity index (χ0v) is 51.9. The molecule has 0 aliphatic carbocycles. The van der Waals surface area contributed by atoms with Gasteiger partial charge in [-0.3, -0.25) is 19.2 Å². The highest BCUT2D eigenvalue weighted by molar-refractivity contribution is 5.70. The van der Waals surface area contributed by atoms with Gasteiger partial charge in [0.25, 0.3) is 0 Å². The van der Waals surface area contributed by atoms with E-state index in [9.17, 15) is 19.2 Å². The molecule has 0 amide bonds. The number of esters is 4. The molecule has 0 rings (SSSR count). The second kappa shape index (κ2) is 59.8. The second-order valence-corrected chi connectivity index (χ2v) is 22.7. The minimum absolute atomic E-state index is 0.163. The average Bonchev–Trinajstić information content (AvgIpc) is 3.43. The van der Waals surface area contributed by atoms with Gasteiger partial charge in [0.15, 0.2) is 0 Å². The molecule has 77 heavy (non-hydrogen) atoms. The molecular weight excluding hydrogens is 965 g/mol. The molecule has 0 aliphatic rings. The van der Waals surface area contributed by atoms with E-state index >= 15 is 0 Å². The van der Waals surface area contributed by atoms with Gasteiger partial charge in [0.1, 0.15) is 0 Å². The number of unbranched alkanes of at least 4 members (excludes halogenated alkanes) is 33. The van der Waals surface area contributed by atoms with Gasteiger partial charge in [-0.05, 0) is 39.3 Å². The molecule has 0 aromatic carbocycles. The quantitative estimate of drug-likeness (QED) is 0.0328. The van der Waals surface area contributed by atoms with E-state index in [0.29, 0.717) is 65.3 Å². The molecule has 0 aromatic rings. The molecule has 0 N–H and O–H groups in total. The van der Waals surface area contributed by atoms with Crippen molar-refractivity contribution in [2.24, 2.45) is 0 Å². The Labute approximate surface area is 476 Å². The van der Waals surface area contributed by atoms with Crippen molar-refractivity contribution in [3.63, 3.8) is 0 Å². The van der Waals surface area contributed by atoms with Gasteiger partial charge in [-0.2, -0.15) is 0 Å². The highest BCUT2D eigenvalue weighted by Gasteiger charge is 2.17. The van der Waals surface area contributed by atoms with Crippen LogP contribution in [-0.2, 0) is 38.1 Å². The molecule has 456 valence electrons. The van der Waals surface area contributed by atoms with E-state index in [1.54, 1.807) is 0 Å². The van der Waals surface area contributed by atoms with Crippen molar-refractivity contribution in [3.05, 3.63) is 0 Å². The molecule has 0 saturated heterocycles. The molecule has 0 saturated carbocycles. The molecule has 0 aromatic heterocycles. The first-order chi connectivity index (χ1) is 37.7. The van der Waals surface area contributed by atoms with Gasteiger partial charge >= 0.3 is 23.9 Å². The Morgan fingerprint density at radius 2 is 0.481 bits per heavy atom. The number of carbonyl (C=O) groups is 4. The Morgan fingerprint density at radius 3 is 0.727 bits per heavy atom. The van der Waals surface area contributed by atoms with E-state index < -0.39 is 0 Å². The smallest absolute Gasteiger partial charge is 0.307 e. The van der Waals surface area contributed by atoms with Crippen LogP contribution in [0.4, 0.5) is 0 Å². The second-order valence-electron chi connectivity index (χ2n) is 22.7. The van der Waals surface area contributed by atoms with Gasteiger partial charge in [-0.15, -0.1) is 0 Å². The van der Waals surface area contributed by atoms with Crippen molar-refractivity contribution >= 4 is 23.9 Å². The summed E-state index contributed by atoms with van der Waals surface area (Å²) in [6, 6.07) is 0. The van der Waals surface area contributed by atoms with Crippen LogP contribution in [0.1, 0.15) is 291 Å². The summed E-state index contributed by atoms with van der Waals surface area (Å²) in [6.07, 6.45) is 48.1. The molecule has 0 radical (unpaired) electrons. The number of nitrogens with zero attached hydrogens (tertiary/aromatic N) is 4. The summed E-state index contributed by atoms with van der Waals surface area (Å²) in [5.74, 6) is -0.744. The Morgan fingerprint density at radius 1 is 0.260 bits per heavy atom. The molecule has 0 spiro atoms. The van der Waals surface area contributed by atoms with Gasteiger partial charge in [-0.1, -0.05) is 240 Å². The monoisotopic (exact) mass is 1090 g/mol. The van der Waals surface area contributed by atoms with Gasteiger partial charge in [0.05, 0.1) is 52.6 Å². The van der Waals surface area contributed by atoms with Crippen molar-refractivity contribution in [2.75, 3.05) is 106 Å². The number of likely N-dealkylation sites (N-methyl/N-ethyl adjacent to an activating group) is 1. The highest BCUT2D eigenvalue weighted by atomic mass is 16.5. The minimum Gasteiger partial charge on any atom is -0.469 e. The number of methoxy groups -OCH3 is 1. The molecule has 0 unspecified atom stereocenters. The molecule has 0 fully saturated rings. The van der Waals surface area contributed by atoms with Crippen LogP contribution in [-0.4, -0.2) is 149 Å². The topological polar surface area (TPSA) is 118 Å². The lowest BCUT2D eigenvalue weighted by Crippen LogP contribution is -2.42. The normalized spacial score (nSPS) is 11.7. The standard InChI is InChI=1S/C65H128N4O8/c1-7-11-14-17-20-23-26-29-32-35-38-41-59-75-63(71)45-50-68(51-46-64(72)76-60-42-39-36-33-30-27-24-21-18-15-12-8-2)56-54-66(5)53-55-67(48-10-4)57-58-69(49-44-62(70)74-6)52-47-65(73)77-61-43-40-37-34-31-28-25-22-19-16-13-9-3/h7-61H2,1-6H3. The molecule has 0 atom stereocenters. The first-order valence-corrected chi connectivity index (χ1v) is 33.1. The number of carbonyl (C=O) groups excluding carboxylic acids is 4. The summed E-state index contributed by atoms with van der Waals surface area (Å²) in [4.78, 5) is 59.9. The lowest BCUT2D eigenvalue weighted by molar-refractivity contribution is -0.145. The van der Waals surface area contributed by atoms with Crippen molar-refractivity contribution in [1.82, 2.24) is 19.6 Å². The maximum Gasteiger partial charge on any atom is 0.307 e. The van der Waals surface area contributed by atoms with E-state index in [0.717, 1.165) is 90.8 Å². The van der Waals surface area contributed by atoms with Crippen molar-refractivity contribution in [3.8, 4) is 0 Å². The summed E-state index contributed by atoms with van der Waals surface area (Å²) in [5.41, 5.74) is 0. The minimum atomic E-state index is -0.246. The van der Waals surface area contributed by atoms with Crippen LogP contribution in [0.3, 0.4) is 0 Å². The number of rotatable bonds is 62. The predicted octanol–water partition coefficient (Wildman–Crippen LogP) is 15.7. The van der Waals surface area contributed by atoms with Crippen LogP contribution < -0.4 is 0 Å². The summed E-state index contributed by atoms with van der Waals surface area (Å²) < 4.78 is 21.9. The fourth-order valence-corrected chi connectivity index (χ4v) is 10.0. The fraction of sp³-hybridized carbons (Fsp3) is 0.938. The Kier molecular flexibility index (Phi) is 58.1. The largest absolute Gasteiger partial charge is 0.469 e. The molecule has 12 heteroatoms. The van der Waals surface area contributed by atoms with Gasteiger partial charge < -0.3 is 38.5 Å². The maximum atomic E-state index is 12.9. The molecule has 0 bridgehead atoms. The zero-order valence-electron chi connectivity index (χ0n) is 51.9. The molecule has 0 heterocycles. The van der Waals surface area contributed by atoms with Crippen LogP contribution in [0.5, 0.6) is 0 Å². The molecular formula is C65H128N4O8. The highest BCUT2D eigenvalue weighted by Crippen LogP contribution is 2.15. The van der Waals surface area contributed by atoms with Crippen molar-refractivity contribution < 1.29 is 38.1 Å². The van der Waals surface area contributed by atoms with E-state index in [-0.39, 0.29) is 30.3 Å². The molecule has 12 nitrogen and oxygen atoms in total. The van der Waals surface area contributed by atoms with Crippen LogP contribution in [0.2, 0.25) is 0 Å². The van der Waals surface area contributed by atoms with Crippen molar-refractivity contribution in [2.45, 2.75) is 291 Å². The lowest BCUT2D eigenvalue weighted by Gasteiger charge is -2.29. The summed E-state index contributed by atoms with van der Waals surface area (Å²) in [5, 5.41) is 0. The number of ether oxygens (including phenoxy) is 4. The van der Waals surface area contributed by atoms with E-state index in [1.807, 2.05) is 0 Å². The third-order valence-corrected chi connectivity index (χ3v) is 15.4. The Bertz CT molecular complexity index is 1250. The van der Waals surface area contributed by atoms with E-state index in [2.05, 4.69) is 54.3 Å². The summed E-state index contributed by atoms with van der Waals surface area (Å²) in [6.45, 7) is 18.4. The third-order valence-electron chi connectivity index (χ3n) is 15.4. The number of hydrogen-bond acceptors (Lipinski definition) is 12. The first-order valence-electron chi connectivity index (χ1n) is 33.1. The van der Waals surface area contributed by atoms with Crippen LogP contribution in [0, 0.1) is 0 Å². The SMILES string of the molecule is CCCCCCCCCCCCCCOC(=O)CCN(CCC(=O)OCCCCCCCCCCCCCC)CCN(C)CCN(CCC)CCN(CCC(=O)OC)CCC(=O)OCCCCCCCCCCCCCC. The fourth-order valence-electron chi connectivity index (χ4n) is 10.0. The van der Waals surface area contributed by atoms with Crippen LogP contribution in [0.15, 0.2) is 0 Å². The van der Waals surface area contributed by atoms with Gasteiger partial charge in [-0.25, -0.2) is 0 Å². The third kappa shape index (κ3) is 55.4. The predicted molar refractivity (Wildman–Crippen MR) is 324 cm³/mol. The zero-order chi connectivity index (χ0) is 56.3.